The normalized spacial score (nSPS) is 36.1. The van der Waals surface area contributed by atoms with Crippen molar-refractivity contribution in [1.29, 1.82) is 0 Å². The average molecular weight is 333 g/mol. The standard InChI is InChI=1S/C24H44/c1-2-3-4-5-6-7-8-9-14-20-19-21-15-10-11-16-22(21)24-18-13-12-17-23(20)24/h20-24H,2-19H2,1H3. The van der Waals surface area contributed by atoms with Crippen molar-refractivity contribution in [2.75, 3.05) is 0 Å². The molecule has 3 saturated carbocycles. The third-order valence-electron chi connectivity index (χ3n) is 8.03. The Labute approximate surface area is 152 Å². The van der Waals surface area contributed by atoms with Crippen LogP contribution in [0.3, 0.4) is 0 Å². The van der Waals surface area contributed by atoms with Gasteiger partial charge in [-0.25, -0.2) is 0 Å². The third kappa shape index (κ3) is 5.01. The summed E-state index contributed by atoms with van der Waals surface area (Å²) in [6, 6.07) is 0. The van der Waals surface area contributed by atoms with Gasteiger partial charge in [0.15, 0.2) is 0 Å². The molecule has 140 valence electrons. The Kier molecular flexibility index (Phi) is 8.00. The lowest BCUT2D eigenvalue weighted by molar-refractivity contribution is -0.0180. The zero-order valence-corrected chi connectivity index (χ0v) is 16.6. The summed E-state index contributed by atoms with van der Waals surface area (Å²) >= 11 is 0. The number of hydrogen-bond donors (Lipinski definition) is 0. The lowest BCUT2D eigenvalue weighted by Crippen LogP contribution is -2.43. The largest absolute Gasteiger partial charge is 0.0654 e. The Bertz CT molecular complexity index is 333. The van der Waals surface area contributed by atoms with Crippen LogP contribution in [0.2, 0.25) is 0 Å². The molecule has 0 aliphatic heterocycles. The van der Waals surface area contributed by atoms with Gasteiger partial charge in [-0.15, -0.1) is 0 Å². The molecule has 0 amide bonds. The van der Waals surface area contributed by atoms with Crippen LogP contribution in [-0.4, -0.2) is 0 Å². The van der Waals surface area contributed by atoms with Crippen molar-refractivity contribution in [3.05, 3.63) is 0 Å². The quantitative estimate of drug-likeness (QED) is 0.374. The highest BCUT2D eigenvalue weighted by Gasteiger charge is 2.45. The van der Waals surface area contributed by atoms with Crippen LogP contribution < -0.4 is 0 Å². The van der Waals surface area contributed by atoms with Crippen molar-refractivity contribution in [1.82, 2.24) is 0 Å². The van der Waals surface area contributed by atoms with Crippen LogP contribution in [0, 0.1) is 29.6 Å². The molecule has 0 aromatic rings. The van der Waals surface area contributed by atoms with Gasteiger partial charge in [-0.2, -0.15) is 0 Å². The van der Waals surface area contributed by atoms with Crippen LogP contribution in [0.5, 0.6) is 0 Å². The summed E-state index contributed by atoms with van der Waals surface area (Å²) in [6.45, 7) is 2.32. The molecule has 0 N–H and O–H groups in total. The molecule has 3 aliphatic carbocycles. The van der Waals surface area contributed by atoms with Gasteiger partial charge in [-0.3, -0.25) is 0 Å². The summed E-state index contributed by atoms with van der Waals surface area (Å²) in [5.41, 5.74) is 0. The molecule has 0 radical (unpaired) electrons. The van der Waals surface area contributed by atoms with Crippen LogP contribution in [-0.2, 0) is 0 Å². The van der Waals surface area contributed by atoms with Gasteiger partial charge in [0, 0.05) is 0 Å². The fraction of sp³-hybridized carbons (Fsp3) is 1.00. The predicted octanol–water partition coefficient (Wildman–Crippen LogP) is 8.15. The Morgan fingerprint density at radius 3 is 1.92 bits per heavy atom. The molecule has 0 bridgehead atoms. The monoisotopic (exact) mass is 332 g/mol. The molecule has 0 heteroatoms. The van der Waals surface area contributed by atoms with Crippen molar-refractivity contribution >= 4 is 0 Å². The molecule has 0 aromatic carbocycles. The molecular formula is C24H44. The Balaban J connectivity index is 1.39. The SMILES string of the molecule is CCCCCCCCCCC1CC2CCCCC2C2CCCCC12. The topological polar surface area (TPSA) is 0 Å². The van der Waals surface area contributed by atoms with Crippen molar-refractivity contribution in [3.63, 3.8) is 0 Å². The first kappa shape index (κ1) is 18.8. The molecule has 0 saturated heterocycles. The van der Waals surface area contributed by atoms with Gasteiger partial charge in [0.1, 0.15) is 0 Å². The minimum atomic E-state index is 1.12. The molecule has 24 heavy (non-hydrogen) atoms. The minimum Gasteiger partial charge on any atom is -0.0654 e. The van der Waals surface area contributed by atoms with E-state index in [4.69, 9.17) is 0 Å². The van der Waals surface area contributed by atoms with E-state index in [2.05, 4.69) is 6.92 Å². The second kappa shape index (κ2) is 10.2. The maximum absolute atomic E-state index is 2.32. The molecular weight excluding hydrogens is 288 g/mol. The molecule has 0 nitrogen and oxygen atoms in total. The summed E-state index contributed by atoms with van der Waals surface area (Å²) in [4.78, 5) is 0. The molecule has 3 aliphatic rings. The second-order valence-corrected chi connectivity index (χ2v) is 9.58. The first-order valence-corrected chi connectivity index (χ1v) is 11.9. The van der Waals surface area contributed by atoms with E-state index in [1.165, 1.54) is 44.9 Å². The Morgan fingerprint density at radius 2 is 1.17 bits per heavy atom. The lowest BCUT2D eigenvalue weighted by Gasteiger charge is -2.52. The highest BCUT2D eigenvalue weighted by molar-refractivity contribution is 4.95. The molecule has 5 unspecified atom stereocenters. The van der Waals surface area contributed by atoms with Gasteiger partial charge < -0.3 is 0 Å². The fourth-order valence-corrected chi connectivity index (χ4v) is 6.83. The number of unbranched alkanes of at least 4 members (excludes halogenated alkanes) is 7. The smallest absolute Gasteiger partial charge is 0.0352 e. The minimum absolute atomic E-state index is 1.12. The van der Waals surface area contributed by atoms with E-state index in [0.717, 1.165) is 29.6 Å². The zero-order chi connectivity index (χ0) is 16.6. The first-order valence-electron chi connectivity index (χ1n) is 11.9. The van der Waals surface area contributed by atoms with Gasteiger partial charge >= 0.3 is 0 Å². The van der Waals surface area contributed by atoms with E-state index in [0.29, 0.717) is 0 Å². The summed E-state index contributed by atoms with van der Waals surface area (Å²) < 4.78 is 0. The van der Waals surface area contributed by atoms with E-state index >= 15 is 0 Å². The van der Waals surface area contributed by atoms with E-state index < -0.39 is 0 Å². The van der Waals surface area contributed by atoms with E-state index in [1.54, 1.807) is 70.6 Å². The summed E-state index contributed by atoms with van der Waals surface area (Å²) in [7, 11) is 0. The number of hydrogen-bond acceptors (Lipinski definition) is 0. The highest BCUT2D eigenvalue weighted by Crippen LogP contribution is 2.54. The average Bonchev–Trinajstić information content (AvgIpc) is 2.64. The maximum atomic E-state index is 2.32. The number of fused-ring (bicyclic) bond motifs is 3. The Hall–Kier alpha value is 0. The lowest BCUT2D eigenvalue weighted by atomic mass is 9.54. The number of rotatable bonds is 9. The molecule has 3 rings (SSSR count). The molecule has 0 heterocycles. The van der Waals surface area contributed by atoms with Gasteiger partial charge in [-0.1, -0.05) is 96.8 Å². The van der Waals surface area contributed by atoms with E-state index in [-0.39, 0.29) is 0 Å². The van der Waals surface area contributed by atoms with Crippen molar-refractivity contribution in [2.45, 2.75) is 122 Å². The molecule has 5 atom stereocenters. The van der Waals surface area contributed by atoms with Crippen LogP contribution in [0.4, 0.5) is 0 Å². The summed E-state index contributed by atoms with van der Waals surface area (Å²) in [5, 5.41) is 0. The van der Waals surface area contributed by atoms with Crippen LogP contribution in [0.1, 0.15) is 122 Å². The van der Waals surface area contributed by atoms with E-state index in [1.807, 2.05) is 0 Å². The van der Waals surface area contributed by atoms with Gasteiger partial charge in [0.2, 0.25) is 0 Å². The summed E-state index contributed by atoms with van der Waals surface area (Å²) in [5.74, 6) is 5.70. The van der Waals surface area contributed by atoms with Crippen molar-refractivity contribution < 1.29 is 0 Å². The Morgan fingerprint density at radius 1 is 0.583 bits per heavy atom. The van der Waals surface area contributed by atoms with Crippen LogP contribution >= 0.6 is 0 Å². The third-order valence-corrected chi connectivity index (χ3v) is 8.03. The van der Waals surface area contributed by atoms with Gasteiger partial charge in [0.05, 0.1) is 0 Å². The predicted molar refractivity (Wildman–Crippen MR) is 106 cm³/mol. The van der Waals surface area contributed by atoms with Gasteiger partial charge in [0.25, 0.3) is 0 Å². The van der Waals surface area contributed by atoms with Crippen molar-refractivity contribution in [3.8, 4) is 0 Å². The van der Waals surface area contributed by atoms with Crippen LogP contribution in [0.25, 0.3) is 0 Å². The highest BCUT2D eigenvalue weighted by atomic mass is 14.5. The van der Waals surface area contributed by atoms with Crippen molar-refractivity contribution in [2.24, 2.45) is 29.6 Å². The summed E-state index contributed by atoms with van der Waals surface area (Å²) in [6.07, 6.45) is 27.6. The second-order valence-electron chi connectivity index (χ2n) is 9.58. The van der Waals surface area contributed by atoms with E-state index in [9.17, 15) is 0 Å². The molecule has 0 aromatic heterocycles. The first-order chi connectivity index (χ1) is 11.9. The fourth-order valence-electron chi connectivity index (χ4n) is 6.83. The molecule has 3 fully saturated rings. The van der Waals surface area contributed by atoms with Crippen LogP contribution in [0.15, 0.2) is 0 Å². The maximum Gasteiger partial charge on any atom is -0.0352 e. The van der Waals surface area contributed by atoms with Gasteiger partial charge in [-0.05, 0) is 55.3 Å². The zero-order valence-electron chi connectivity index (χ0n) is 16.6. The molecule has 0 spiro atoms.